The second-order valence-corrected chi connectivity index (χ2v) is 5.61. The molecule has 0 aromatic rings. The number of ether oxygens (including phenoxy) is 1. The predicted octanol–water partition coefficient (Wildman–Crippen LogP) is 3.79. The van der Waals surface area contributed by atoms with E-state index in [9.17, 15) is 44.3 Å². The Morgan fingerprint density at radius 3 is 1.62 bits per heavy atom. The Morgan fingerprint density at radius 1 is 1.00 bits per heavy atom. The first-order valence-electron chi connectivity index (χ1n) is 6.40. The Bertz CT molecular complexity index is 438. The maximum absolute atomic E-state index is 13.8. The molecule has 0 bridgehead atoms. The number of aliphatic hydroxyl groups is 1. The fourth-order valence-electron chi connectivity index (χ4n) is 1.35. The van der Waals surface area contributed by atoms with Gasteiger partial charge in [0.15, 0.2) is 0 Å². The van der Waals surface area contributed by atoms with Crippen LogP contribution in [0.25, 0.3) is 0 Å². The third-order valence-electron chi connectivity index (χ3n) is 3.49. The maximum atomic E-state index is 13.8. The summed E-state index contributed by atoms with van der Waals surface area (Å²) in [7, 11) is 0. The highest BCUT2D eigenvalue weighted by Crippen LogP contribution is 2.47. The highest BCUT2D eigenvalue weighted by molar-refractivity contribution is 5.76. The lowest BCUT2D eigenvalue weighted by Crippen LogP contribution is -2.67. The molecule has 12 heteroatoms. The van der Waals surface area contributed by atoms with Crippen LogP contribution in [-0.4, -0.2) is 47.7 Å². The first-order valence-corrected chi connectivity index (χ1v) is 6.40. The number of carbonyl (C=O) groups is 1. The Kier molecular flexibility index (Phi) is 6.62. The van der Waals surface area contributed by atoms with E-state index in [-0.39, 0.29) is 6.42 Å². The van der Waals surface area contributed by atoms with Gasteiger partial charge in [0.25, 0.3) is 24.6 Å². The van der Waals surface area contributed by atoms with Crippen LogP contribution in [0.4, 0.5) is 39.5 Å². The average Bonchev–Trinajstić information content (AvgIpc) is 2.40. The second kappa shape index (κ2) is 6.96. The van der Waals surface area contributed by atoms with Crippen LogP contribution < -0.4 is 0 Å². The molecule has 1 N–H and O–H groups in total. The summed E-state index contributed by atoms with van der Waals surface area (Å²) in [5.74, 6) is -8.09. The van der Waals surface area contributed by atoms with Gasteiger partial charge in [0.2, 0.25) is 0 Å². The van der Waals surface area contributed by atoms with Crippen LogP contribution in [0.3, 0.4) is 0 Å². The van der Waals surface area contributed by atoms with Crippen LogP contribution in [-0.2, 0) is 9.53 Å². The minimum atomic E-state index is -6.22. The smallest absolute Gasteiger partial charge is 0.431 e. The van der Waals surface area contributed by atoms with Crippen LogP contribution in [0.1, 0.15) is 27.2 Å². The van der Waals surface area contributed by atoms with Crippen molar-refractivity contribution in [1.82, 2.24) is 0 Å². The quantitative estimate of drug-likeness (QED) is 0.542. The van der Waals surface area contributed by atoms with E-state index in [1.807, 2.05) is 0 Å². The number of rotatable bonds is 7. The van der Waals surface area contributed by atoms with Crippen molar-refractivity contribution in [2.45, 2.75) is 63.8 Å². The zero-order chi connectivity index (χ0) is 19.7. The molecule has 0 saturated heterocycles. The molecule has 0 saturated carbocycles. The standard InChI is InChI=1S/C12H15F9O3/c1-4-9(2,3)8(22)24-5(12(19,20)21)11(17,18)10(23,6(13)14)7(15)16/h5-7,23H,4H2,1-3H3. The van der Waals surface area contributed by atoms with Crippen molar-refractivity contribution < 1.29 is 54.2 Å². The first kappa shape index (κ1) is 22.8. The molecule has 0 radical (unpaired) electrons. The van der Waals surface area contributed by atoms with Crippen LogP contribution in [0.5, 0.6) is 0 Å². The average molecular weight is 378 g/mol. The number of alkyl halides is 9. The molecule has 3 nitrogen and oxygen atoms in total. The van der Waals surface area contributed by atoms with E-state index < -0.39 is 48.0 Å². The summed E-state index contributed by atoms with van der Waals surface area (Å²) in [5.41, 5.74) is -7.39. The lowest BCUT2D eigenvalue weighted by Gasteiger charge is -2.39. The third kappa shape index (κ3) is 4.06. The van der Waals surface area contributed by atoms with Crippen LogP contribution in [0.15, 0.2) is 0 Å². The lowest BCUT2D eigenvalue weighted by molar-refractivity contribution is -0.355. The molecule has 0 aromatic carbocycles. The van der Waals surface area contributed by atoms with Gasteiger partial charge in [-0.3, -0.25) is 4.79 Å². The summed E-state index contributed by atoms with van der Waals surface area (Å²) in [5, 5.41) is 8.86. The maximum Gasteiger partial charge on any atom is 0.431 e. The molecular weight excluding hydrogens is 363 g/mol. The van der Waals surface area contributed by atoms with Crippen molar-refractivity contribution in [2.75, 3.05) is 0 Å². The molecule has 0 aliphatic heterocycles. The second-order valence-electron chi connectivity index (χ2n) is 5.61. The monoisotopic (exact) mass is 378 g/mol. The van der Waals surface area contributed by atoms with Gasteiger partial charge in [-0.15, -0.1) is 0 Å². The molecule has 1 atom stereocenters. The molecule has 0 fully saturated rings. The summed E-state index contributed by atoms with van der Waals surface area (Å²) >= 11 is 0. The van der Waals surface area contributed by atoms with Crippen molar-refractivity contribution in [1.29, 1.82) is 0 Å². The van der Waals surface area contributed by atoms with Crippen molar-refractivity contribution in [3.05, 3.63) is 0 Å². The highest BCUT2D eigenvalue weighted by atomic mass is 19.4. The highest BCUT2D eigenvalue weighted by Gasteiger charge is 2.75. The fraction of sp³-hybridized carbons (Fsp3) is 0.917. The fourth-order valence-corrected chi connectivity index (χ4v) is 1.35. The summed E-state index contributed by atoms with van der Waals surface area (Å²) < 4.78 is 119. The summed E-state index contributed by atoms with van der Waals surface area (Å²) in [6, 6.07) is 0. The third-order valence-corrected chi connectivity index (χ3v) is 3.49. The van der Waals surface area contributed by atoms with Gasteiger partial charge >= 0.3 is 18.1 Å². The largest absolute Gasteiger partial charge is 0.446 e. The van der Waals surface area contributed by atoms with E-state index in [2.05, 4.69) is 4.74 Å². The van der Waals surface area contributed by atoms with Crippen molar-refractivity contribution in [3.8, 4) is 0 Å². The number of esters is 1. The van der Waals surface area contributed by atoms with Gasteiger partial charge in [0, 0.05) is 0 Å². The van der Waals surface area contributed by atoms with Gasteiger partial charge in [-0.05, 0) is 20.3 Å². The van der Waals surface area contributed by atoms with E-state index >= 15 is 0 Å². The van der Waals surface area contributed by atoms with E-state index in [1.165, 1.54) is 6.92 Å². The van der Waals surface area contributed by atoms with Crippen LogP contribution in [0, 0.1) is 5.41 Å². The number of hydrogen-bond donors (Lipinski definition) is 1. The summed E-state index contributed by atoms with van der Waals surface area (Å²) in [6.45, 7) is 3.30. The van der Waals surface area contributed by atoms with Gasteiger partial charge < -0.3 is 9.84 Å². The van der Waals surface area contributed by atoms with Crippen LogP contribution in [0.2, 0.25) is 0 Å². The summed E-state index contributed by atoms with van der Waals surface area (Å²) in [6.07, 6.45) is -21.0. The number of hydrogen-bond acceptors (Lipinski definition) is 3. The Balaban J connectivity index is 6.06. The Morgan fingerprint density at radius 2 is 1.38 bits per heavy atom. The molecule has 0 rings (SSSR count). The molecule has 0 aromatic heterocycles. The first-order chi connectivity index (χ1) is 10.5. The zero-order valence-corrected chi connectivity index (χ0v) is 12.6. The van der Waals surface area contributed by atoms with E-state index in [1.54, 1.807) is 0 Å². The van der Waals surface area contributed by atoms with Crippen molar-refractivity contribution in [2.24, 2.45) is 5.41 Å². The molecule has 0 aliphatic rings. The van der Waals surface area contributed by atoms with Gasteiger partial charge in [-0.25, -0.2) is 17.6 Å². The minimum Gasteiger partial charge on any atom is -0.446 e. The van der Waals surface area contributed by atoms with Gasteiger partial charge in [-0.1, -0.05) is 6.92 Å². The van der Waals surface area contributed by atoms with Gasteiger partial charge in [-0.2, -0.15) is 22.0 Å². The zero-order valence-electron chi connectivity index (χ0n) is 12.6. The number of carbonyl (C=O) groups excluding carboxylic acids is 1. The normalized spacial score (nSPS) is 15.8. The molecule has 24 heavy (non-hydrogen) atoms. The van der Waals surface area contributed by atoms with Gasteiger partial charge in [0.1, 0.15) is 0 Å². The molecule has 0 heterocycles. The minimum absolute atomic E-state index is 0.185. The molecule has 1 unspecified atom stereocenters. The Labute approximate surface area is 130 Å². The van der Waals surface area contributed by atoms with E-state index in [4.69, 9.17) is 5.11 Å². The van der Waals surface area contributed by atoms with Crippen LogP contribution >= 0.6 is 0 Å². The predicted molar refractivity (Wildman–Crippen MR) is 61.9 cm³/mol. The Hall–Kier alpha value is -1.20. The summed E-state index contributed by atoms with van der Waals surface area (Å²) in [4.78, 5) is 11.6. The molecule has 144 valence electrons. The van der Waals surface area contributed by atoms with Crippen molar-refractivity contribution >= 4 is 5.97 Å². The SMILES string of the molecule is CCC(C)(C)C(=O)OC(C(F)(F)F)C(F)(F)C(O)(C(F)F)C(F)F. The molecule has 0 aliphatic carbocycles. The topological polar surface area (TPSA) is 46.5 Å². The van der Waals surface area contributed by atoms with E-state index in [0.717, 1.165) is 13.8 Å². The molecule has 0 amide bonds. The molecular formula is C12H15F9O3. The van der Waals surface area contributed by atoms with E-state index in [0.29, 0.717) is 0 Å². The number of halogens is 9. The van der Waals surface area contributed by atoms with Gasteiger partial charge in [0.05, 0.1) is 5.41 Å². The van der Waals surface area contributed by atoms with Crippen molar-refractivity contribution in [3.63, 3.8) is 0 Å². The molecule has 0 spiro atoms. The lowest BCUT2D eigenvalue weighted by atomic mass is 9.89.